The molecule has 2 bridgehead atoms. The van der Waals surface area contributed by atoms with Crippen molar-refractivity contribution in [2.24, 2.45) is 22.7 Å². The van der Waals surface area contributed by atoms with Gasteiger partial charge in [-0.25, -0.2) is 0 Å². The third-order valence-electron chi connectivity index (χ3n) is 4.13. The van der Waals surface area contributed by atoms with Crippen LogP contribution in [0.5, 0.6) is 0 Å². The quantitative estimate of drug-likeness (QED) is 0.540. The van der Waals surface area contributed by atoms with Gasteiger partial charge in [-0.05, 0) is 24.2 Å². The molecule has 0 spiro atoms. The molecule has 0 aromatic rings. The van der Waals surface area contributed by atoms with Crippen molar-refractivity contribution in [3.63, 3.8) is 0 Å². The Labute approximate surface area is 74.5 Å². The van der Waals surface area contributed by atoms with Crippen LogP contribution in [0.25, 0.3) is 0 Å². The fourth-order valence-electron chi connectivity index (χ4n) is 3.74. The van der Waals surface area contributed by atoms with Crippen molar-refractivity contribution in [2.45, 2.75) is 40.5 Å². The van der Waals surface area contributed by atoms with Crippen molar-refractivity contribution in [1.29, 1.82) is 0 Å². The highest BCUT2D eigenvalue weighted by Crippen LogP contribution is 2.62. The number of fused-ring (bicyclic) bond motifs is 2. The van der Waals surface area contributed by atoms with Gasteiger partial charge >= 0.3 is 0 Å². The maximum Gasteiger partial charge on any atom is 0.141 e. The summed E-state index contributed by atoms with van der Waals surface area (Å²) in [5.41, 5.74) is 0.440. The van der Waals surface area contributed by atoms with Crippen molar-refractivity contribution < 1.29 is 4.79 Å². The molecule has 1 heteroatoms. The zero-order valence-corrected chi connectivity index (χ0v) is 8.48. The number of carbonyl (C=O) groups excluding carboxylic acids is 1. The lowest BCUT2D eigenvalue weighted by atomic mass is 9.68. The van der Waals surface area contributed by atoms with Crippen molar-refractivity contribution in [3.05, 3.63) is 0 Å². The fourth-order valence-corrected chi connectivity index (χ4v) is 3.74. The number of carbonyl (C=O) groups is 1. The monoisotopic (exact) mass is 166 g/mol. The SMILES string of the molecule is CC1C(=O)C2(C)CC1C(C)(C)C2. The lowest BCUT2D eigenvalue weighted by Gasteiger charge is -2.35. The summed E-state index contributed by atoms with van der Waals surface area (Å²) in [6.07, 6.45) is 2.24. The summed E-state index contributed by atoms with van der Waals surface area (Å²) in [4.78, 5) is 11.8. The van der Waals surface area contributed by atoms with Crippen molar-refractivity contribution in [1.82, 2.24) is 0 Å². The molecule has 0 amide bonds. The number of ketones is 1. The summed E-state index contributed by atoms with van der Waals surface area (Å²) in [5.74, 6) is 1.49. The van der Waals surface area contributed by atoms with Crippen LogP contribution in [-0.4, -0.2) is 5.78 Å². The van der Waals surface area contributed by atoms with Crippen LogP contribution in [0.4, 0.5) is 0 Å². The van der Waals surface area contributed by atoms with Crippen molar-refractivity contribution >= 4 is 5.78 Å². The Bertz CT molecular complexity index is 241. The highest BCUT2D eigenvalue weighted by molar-refractivity contribution is 5.90. The van der Waals surface area contributed by atoms with E-state index < -0.39 is 0 Å². The van der Waals surface area contributed by atoms with Gasteiger partial charge < -0.3 is 0 Å². The number of Topliss-reactive ketones (excluding diaryl/α,β-unsaturated/α-hetero) is 1. The maximum absolute atomic E-state index is 11.8. The van der Waals surface area contributed by atoms with Crippen LogP contribution in [0.15, 0.2) is 0 Å². The first-order chi connectivity index (χ1) is 5.37. The molecule has 0 radical (unpaired) electrons. The third-order valence-corrected chi connectivity index (χ3v) is 4.13. The lowest BCUT2D eigenvalue weighted by molar-refractivity contribution is -0.132. The predicted molar refractivity (Wildman–Crippen MR) is 48.8 cm³/mol. The number of rotatable bonds is 0. The molecule has 68 valence electrons. The zero-order chi connectivity index (χ0) is 9.15. The molecule has 1 nitrogen and oxygen atoms in total. The Morgan fingerprint density at radius 3 is 2.25 bits per heavy atom. The Kier molecular flexibility index (Phi) is 1.34. The van der Waals surface area contributed by atoms with Gasteiger partial charge in [-0.3, -0.25) is 4.79 Å². The highest BCUT2D eigenvalue weighted by Gasteiger charge is 2.60. The molecule has 0 aromatic carbocycles. The molecule has 0 aliphatic heterocycles. The van der Waals surface area contributed by atoms with Gasteiger partial charge in [0.1, 0.15) is 5.78 Å². The van der Waals surface area contributed by atoms with Crippen LogP contribution >= 0.6 is 0 Å². The Balaban J connectivity index is 2.39. The van der Waals surface area contributed by atoms with E-state index in [1.54, 1.807) is 0 Å². The van der Waals surface area contributed by atoms with Crippen LogP contribution < -0.4 is 0 Å². The van der Waals surface area contributed by atoms with E-state index in [9.17, 15) is 4.79 Å². The van der Waals surface area contributed by atoms with Gasteiger partial charge in [-0.15, -0.1) is 0 Å². The van der Waals surface area contributed by atoms with Gasteiger partial charge in [0.15, 0.2) is 0 Å². The molecule has 0 heterocycles. The van der Waals surface area contributed by atoms with Gasteiger partial charge in [0, 0.05) is 11.3 Å². The van der Waals surface area contributed by atoms with E-state index in [4.69, 9.17) is 0 Å². The summed E-state index contributed by atoms with van der Waals surface area (Å²) in [6.45, 7) is 8.89. The second-order valence-electron chi connectivity index (χ2n) is 5.69. The van der Waals surface area contributed by atoms with Crippen LogP contribution in [0.3, 0.4) is 0 Å². The average Bonchev–Trinajstić information content (AvgIpc) is 2.27. The van der Waals surface area contributed by atoms with E-state index in [1.165, 1.54) is 0 Å². The third kappa shape index (κ3) is 0.773. The first-order valence-corrected chi connectivity index (χ1v) is 4.91. The van der Waals surface area contributed by atoms with E-state index >= 15 is 0 Å². The molecule has 2 fully saturated rings. The highest BCUT2D eigenvalue weighted by atomic mass is 16.1. The normalized spacial score (nSPS) is 50.2. The van der Waals surface area contributed by atoms with Gasteiger partial charge in [0.25, 0.3) is 0 Å². The smallest absolute Gasteiger partial charge is 0.141 e. The van der Waals surface area contributed by atoms with E-state index in [0.717, 1.165) is 12.8 Å². The summed E-state index contributed by atoms with van der Waals surface area (Å²) < 4.78 is 0. The van der Waals surface area contributed by atoms with Gasteiger partial charge in [-0.2, -0.15) is 0 Å². The molecular formula is C11H18O. The largest absolute Gasteiger partial charge is 0.299 e. The van der Waals surface area contributed by atoms with Gasteiger partial charge in [0.05, 0.1) is 0 Å². The van der Waals surface area contributed by atoms with E-state index in [1.807, 2.05) is 0 Å². The maximum atomic E-state index is 11.8. The van der Waals surface area contributed by atoms with Crippen LogP contribution in [0.2, 0.25) is 0 Å². The molecule has 2 aliphatic rings. The minimum atomic E-state index is 0.0353. The summed E-state index contributed by atoms with van der Waals surface area (Å²) in [5, 5.41) is 0. The summed E-state index contributed by atoms with van der Waals surface area (Å²) >= 11 is 0. The lowest BCUT2D eigenvalue weighted by Crippen LogP contribution is -2.36. The van der Waals surface area contributed by atoms with Gasteiger partial charge in [0.2, 0.25) is 0 Å². The minimum Gasteiger partial charge on any atom is -0.299 e. The molecule has 2 aliphatic carbocycles. The Morgan fingerprint density at radius 1 is 1.33 bits per heavy atom. The number of hydrogen-bond acceptors (Lipinski definition) is 1. The van der Waals surface area contributed by atoms with E-state index in [-0.39, 0.29) is 5.41 Å². The zero-order valence-electron chi connectivity index (χ0n) is 8.48. The topological polar surface area (TPSA) is 17.1 Å². The molecule has 2 rings (SSSR count). The van der Waals surface area contributed by atoms with E-state index in [0.29, 0.717) is 23.0 Å². The molecule has 0 aromatic heterocycles. The molecule has 0 saturated heterocycles. The molecular weight excluding hydrogens is 148 g/mol. The first-order valence-electron chi connectivity index (χ1n) is 4.91. The number of hydrogen-bond donors (Lipinski definition) is 0. The predicted octanol–water partition coefficient (Wildman–Crippen LogP) is 2.65. The average molecular weight is 166 g/mol. The molecule has 2 saturated carbocycles. The Morgan fingerprint density at radius 2 is 1.92 bits per heavy atom. The second-order valence-corrected chi connectivity index (χ2v) is 5.69. The van der Waals surface area contributed by atoms with Crippen LogP contribution in [0.1, 0.15) is 40.5 Å². The second kappa shape index (κ2) is 1.94. The first kappa shape index (κ1) is 8.28. The molecule has 3 atom stereocenters. The molecule has 12 heavy (non-hydrogen) atoms. The summed E-state index contributed by atoms with van der Waals surface area (Å²) in [6, 6.07) is 0. The molecule has 0 N–H and O–H groups in total. The van der Waals surface area contributed by atoms with Crippen LogP contribution in [-0.2, 0) is 4.79 Å². The van der Waals surface area contributed by atoms with Crippen molar-refractivity contribution in [3.8, 4) is 0 Å². The Hall–Kier alpha value is -0.330. The minimum absolute atomic E-state index is 0.0353. The van der Waals surface area contributed by atoms with E-state index in [2.05, 4.69) is 27.7 Å². The standard InChI is InChI=1S/C11H18O/c1-7-8-5-11(4,9(7)12)6-10(8,2)3/h7-8H,5-6H2,1-4H3. The fraction of sp³-hybridized carbons (Fsp3) is 0.909. The van der Waals surface area contributed by atoms with Crippen molar-refractivity contribution in [2.75, 3.05) is 0 Å². The van der Waals surface area contributed by atoms with Gasteiger partial charge in [-0.1, -0.05) is 27.7 Å². The van der Waals surface area contributed by atoms with Crippen LogP contribution in [0, 0.1) is 22.7 Å². The molecule has 3 unspecified atom stereocenters. The summed E-state index contributed by atoms with van der Waals surface area (Å²) in [7, 11) is 0.